The average molecular weight is 233 g/mol. The Labute approximate surface area is 104 Å². The fourth-order valence-corrected chi connectivity index (χ4v) is 2.59. The van der Waals surface area contributed by atoms with E-state index in [1.165, 1.54) is 11.1 Å². The van der Waals surface area contributed by atoms with Crippen molar-refractivity contribution in [3.63, 3.8) is 0 Å². The van der Waals surface area contributed by atoms with Crippen LogP contribution >= 0.6 is 0 Å². The van der Waals surface area contributed by atoms with Gasteiger partial charge in [-0.3, -0.25) is 0 Å². The van der Waals surface area contributed by atoms with Gasteiger partial charge in [-0.25, -0.2) is 0 Å². The molecule has 1 N–H and O–H groups in total. The van der Waals surface area contributed by atoms with Crippen molar-refractivity contribution < 1.29 is 4.74 Å². The third-order valence-electron chi connectivity index (χ3n) is 3.64. The van der Waals surface area contributed by atoms with E-state index in [1.54, 1.807) is 0 Å². The first-order chi connectivity index (χ1) is 8.20. The summed E-state index contributed by atoms with van der Waals surface area (Å²) < 4.78 is 5.58. The second kappa shape index (κ2) is 5.65. The molecule has 2 nitrogen and oxygen atoms in total. The molecule has 1 fully saturated rings. The predicted octanol–water partition coefficient (Wildman–Crippen LogP) is 3.21. The quantitative estimate of drug-likeness (QED) is 0.843. The summed E-state index contributed by atoms with van der Waals surface area (Å²) >= 11 is 0. The molecule has 1 saturated carbocycles. The van der Waals surface area contributed by atoms with Crippen molar-refractivity contribution in [1.82, 2.24) is 5.32 Å². The van der Waals surface area contributed by atoms with E-state index >= 15 is 0 Å². The van der Waals surface area contributed by atoms with Gasteiger partial charge in [0.1, 0.15) is 0 Å². The van der Waals surface area contributed by atoms with Crippen LogP contribution in [0.5, 0.6) is 0 Å². The molecule has 1 unspecified atom stereocenters. The van der Waals surface area contributed by atoms with Crippen molar-refractivity contribution in [1.29, 1.82) is 0 Å². The Balaban J connectivity index is 1.83. The van der Waals surface area contributed by atoms with Crippen molar-refractivity contribution in [2.24, 2.45) is 0 Å². The number of hydrogen-bond donors (Lipinski definition) is 1. The highest BCUT2D eigenvalue weighted by molar-refractivity contribution is 5.28. The normalized spacial score (nSPS) is 25.4. The number of hydrogen-bond acceptors (Lipinski definition) is 2. The van der Waals surface area contributed by atoms with Gasteiger partial charge < -0.3 is 10.1 Å². The standard InChI is InChI=1S/C15H23NO/c1-4-17-14-9-13(10-14)16-12(3)15-8-6-5-7-11(15)2/h5-8,12-14,16H,4,9-10H2,1-3H3. The van der Waals surface area contributed by atoms with Crippen LogP contribution in [0.3, 0.4) is 0 Å². The van der Waals surface area contributed by atoms with E-state index < -0.39 is 0 Å². The Morgan fingerprint density at radius 1 is 1.35 bits per heavy atom. The van der Waals surface area contributed by atoms with E-state index in [2.05, 4.69) is 50.4 Å². The van der Waals surface area contributed by atoms with Gasteiger partial charge in [-0.05, 0) is 44.7 Å². The number of aryl methyl sites for hydroxylation is 1. The molecule has 2 rings (SSSR count). The Bertz CT molecular complexity index is 358. The second-order valence-electron chi connectivity index (χ2n) is 4.99. The lowest BCUT2D eigenvalue weighted by Gasteiger charge is -2.37. The molecule has 0 spiro atoms. The lowest BCUT2D eigenvalue weighted by molar-refractivity contribution is -0.0120. The van der Waals surface area contributed by atoms with Crippen molar-refractivity contribution in [3.8, 4) is 0 Å². The highest BCUT2D eigenvalue weighted by atomic mass is 16.5. The minimum absolute atomic E-state index is 0.434. The lowest BCUT2D eigenvalue weighted by Crippen LogP contribution is -2.46. The first-order valence-electron chi connectivity index (χ1n) is 6.64. The summed E-state index contributed by atoms with van der Waals surface area (Å²) in [6.07, 6.45) is 2.80. The minimum atomic E-state index is 0.434. The molecule has 2 heteroatoms. The highest BCUT2D eigenvalue weighted by Gasteiger charge is 2.30. The van der Waals surface area contributed by atoms with E-state index in [0.29, 0.717) is 18.2 Å². The van der Waals surface area contributed by atoms with Crippen LogP contribution in [0.25, 0.3) is 0 Å². The van der Waals surface area contributed by atoms with Crippen LogP contribution in [0, 0.1) is 6.92 Å². The topological polar surface area (TPSA) is 21.3 Å². The molecule has 1 aromatic rings. The van der Waals surface area contributed by atoms with Crippen LogP contribution in [0.4, 0.5) is 0 Å². The van der Waals surface area contributed by atoms with Crippen molar-refractivity contribution in [3.05, 3.63) is 35.4 Å². The molecule has 0 bridgehead atoms. The second-order valence-corrected chi connectivity index (χ2v) is 4.99. The van der Waals surface area contributed by atoms with Gasteiger partial charge in [0.25, 0.3) is 0 Å². The summed E-state index contributed by atoms with van der Waals surface area (Å²) in [6, 6.07) is 9.66. The van der Waals surface area contributed by atoms with Crippen LogP contribution in [-0.4, -0.2) is 18.8 Å². The van der Waals surface area contributed by atoms with Gasteiger partial charge in [0.15, 0.2) is 0 Å². The smallest absolute Gasteiger partial charge is 0.0604 e. The SMILES string of the molecule is CCOC1CC(NC(C)c2ccccc2C)C1. The molecule has 1 aliphatic carbocycles. The molecule has 0 heterocycles. The molecule has 17 heavy (non-hydrogen) atoms. The number of rotatable bonds is 5. The van der Waals surface area contributed by atoms with Crippen molar-refractivity contribution in [2.45, 2.75) is 51.8 Å². The van der Waals surface area contributed by atoms with E-state index in [4.69, 9.17) is 4.74 Å². The molecule has 1 atom stereocenters. The summed E-state index contributed by atoms with van der Waals surface area (Å²) in [4.78, 5) is 0. The maximum Gasteiger partial charge on any atom is 0.0604 e. The van der Waals surface area contributed by atoms with Gasteiger partial charge in [-0.15, -0.1) is 0 Å². The first kappa shape index (κ1) is 12.6. The average Bonchev–Trinajstić information content (AvgIpc) is 2.26. The molecule has 0 amide bonds. The number of benzene rings is 1. The molecular formula is C15H23NO. The fourth-order valence-electron chi connectivity index (χ4n) is 2.59. The maximum absolute atomic E-state index is 5.58. The Kier molecular flexibility index (Phi) is 4.19. The first-order valence-corrected chi connectivity index (χ1v) is 6.64. The Hall–Kier alpha value is -0.860. The summed E-state index contributed by atoms with van der Waals surface area (Å²) in [5.41, 5.74) is 2.78. The summed E-state index contributed by atoms with van der Waals surface area (Å²) in [6.45, 7) is 7.33. The van der Waals surface area contributed by atoms with E-state index in [-0.39, 0.29) is 0 Å². The third-order valence-corrected chi connectivity index (χ3v) is 3.64. The van der Waals surface area contributed by atoms with Gasteiger partial charge in [0.2, 0.25) is 0 Å². The van der Waals surface area contributed by atoms with Gasteiger partial charge in [0.05, 0.1) is 6.10 Å². The molecule has 1 aromatic carbocycles. The Morgan fingerprint density at radius 2 is 2.06 bits per heavy atom. The largest absolute Gasteiger partial charge is 0.378 e. The van der Waals surface area contributed by atoms with Crippen LogP contribution in [0.1, 0.15) is 43.9 Å². The number of ether oxygens (including phenoxy) is 1. The maximum atomic E-state index is 5.58. The lowest BCUT2D eigenvalue weighted by atomic mass is 9.88. The van der Waals surface area contributed by atoms with Crippen LogP contribution in [-0.2, 0) is 4.74 Å². The van der Waals surface area contributed by atoms with E-state index in [9.17, 15) is 0 Å². The summed E-state index contributed by atoms with van der Waals surface area (Å²) in [5, 5.41) is 3.68. The molecule has 94 valence electrons. The summed E-state index contributed by atoms with van der Waals surface area (Å²) in [5.74, 6) is 0. The van der Waals surface area contributed by atoms with Crippen LogP contribution in [0.2, 0.25) is 0 Å². The van der Waals surface area contributed by atoms with Crippen LogP contribution in [0.15, 0.2) is 24.3 Å². The molecule has 0 aliphatic heterocycles. The van der Waals surface area contributed by atoms with Crippen LogP contribution < -0.4 is 5.32 Å². The molecule has 1 aliphatic rings. The van der Waals surface area contributed by atoms with E-state index in [0.717, 1.165) is 19.4 Å². The molecular weight excluding hydrogens is 210 g/mol. The van der Waals surface area contributed by atoms with E-state index in [1.807, 2.05) is 0 Å². The van der Waals surface area contributed by atoms with Crippen molar-refractivity contribution in [2.75, 3.05) is 6.61 Å². The summed E-state index contributed by atoms with van der Waals surface area (Å²) in [7, 11) is 0. The number of nitrogens with one attached hydrogen (secondary N) is 1. The zero-order chi connectivity index (χ0) is 12.3. The zero-order valence-corrected chi connectivity index (χ0v) is 11.1. The van der Waals surface area contributed by atoms with Gasteiger partial charge in [-0.1, -0.05) is 24.3 Å². The predicted molar refractivity (Wildman–Crippen MR) is 71.2 cm³/mol. The third kappa shape index (κ3) is 3.08. The molecule has 0 aromatic heterocycles. The van der Waals surface area contributed by atoms with Gasteiger partial charge >= 0.3 is 0 Å². The monoisotopic (exact) mass is 233 g/mol. The molecule has 0 radical (unpaired) electrons. The fraction of sp³-hybridized carbons (Fsp3) is 0.600. The zero-order valence-electron chi connectivity index (χ0n) is 11.1. The Morgan fingerprint density at radius 3 is 2.71 bits per heavy atom. The van der Waals surface area contributed by atoms with Gasteiger partial charge in [0, 0.05) is 18.7 Å². The highest BCUT2D eigenvalue weighted by Crippen LogP contribution is 2.26. The molecule has 0 saturated heterocycles. The minimum Gasteiger partial charge on any atom is -0.378 e. The van der Waals surface area contributed by atoms with Crippen molar-refractivity contribution >= 4 is 0 Å². The van der Waals surface area contributed by atoms with Gasteiger partial charge in [-0.2, -0.15) is 0 Å².